The average molecular weight is 372 g/mol. The summed E-state index contributed by atoms with van der Waals surface area (Å²) in [5.74, 6) is -10.6. The van der Waals surface area contributed by atoms with Gasteiger partial charge in [-0.2, -0.15) is 0 Å². The molecular formula is C10H5F5N4O2S2. The Balaban J connectivity index is 2.08. The van der Waals surface area contributed by atoms with Gasteiger partial charge in [0.1, 0.15) is 0 Å². The van der Waals surface area contributed by atoms with Gasteiger partial charge in [0.15, 0.2) is 28.4 Å². The molecule has 1 atom stereocenters. The van der Waals surface area contributed by atoms with E-state index in [2.05, 4.69) is 10.4 Å². The average Bonchev–Trinajstić information content (AvgIpc) is 3.01. The third-order valence-electron chi connectivity index (χ3n) is 2.89. The Bertz CT molecular complexity index is 877. The van der Waals surface area contributed by atoms with Crippen LogP contribution in [0, 0.1) is 29.1 Å². The lowest BCUT2D eigenvalue weighted by Gasteiger charge is -2.08. The molecule has 2 heterocycles. The zero-order valence-electron chi connectivity index (χ0n) is 10.6. The minimum absolute atomic E-state index is 0.0667. The molecule has 13 heteroatoms. The van der Waals surface area contributed by atoms with E-state index in [-0.39, 0.29) is 5.16 Å². The highest BCUT2D eigenvalue weighted by atomic mass is 32.3. The number of nitrogens with zero attached hydrogens (tertiary/aromatic N) is 2. The summed E-state index contributed by atoms with van der Waals surface area (Å²) in [4.78, 5) is 3.67. The molecule has 0 spiro atoms. The Morgan fingerprint density at radius 3 is 2.09 bits per heavy atom. The molecule has 2 aromatic rings. The number of nitrogens with one attached hydrogen (secondary N) is 1. The lowest BCUT2D eigenvalue weighted by Crippen LogP contribution is -2.32. The summed E-state index contributed by atoms with van der Waals surface area (Å²) < 4.78 is 88.9. The second kappa shape index (κ2) is 5.07. The largest absolute Gasteiger partial charge is 0.295 e. The van der Waals surface area contributed by atoms with E-state index in [4.69, 9.17) is 5.14 Å². The van der Waals surface area contributed by atoms with Crippen molar-refractivity contribution in [2.24, 2.45) is 5.14 Å². The monoisotopic (exact) mass is 372 g/mol. The van der Waals surface area contributed by atoms with Crippen molar-refractivity contribution in [3.8, 4) is 11.3 Å². The van der Waals surface area contributed by atoms with Gasteiger partial charge in [0.2, 0.25) is 20.5 Å². The second-order valence-corrected chi connectivity index (χ2v) is 7.41. The quantitative estimate of drug-likeness (QED) is 0.473. The molecule has 1 aliphatic rings. The highest BCUT2D eigenvalue weighted by Crippen LogP contribution is 2.35. The summed E-state index contributed by atoms with van der Waals surface area (Å²) in [5.41, 5.74) is 0.577. The molecule has 3 rings (SSSR count). The van der Waals surface area contributed by atoms with Crippen LogP contribution in [0.3, 0.4) is 0 Å². The van der Waals surface area contributed by atoms with E-state index >= 15 is 0 Å². The fourth-order valence-corrected chi connectivity index (χ4v) is 3.65. The van der Waals surface area contributed by atoms with Crippen LogP contribution >= 0.6 is 11.8 Å². The van der Waals surface area contributed by atoms with E-state index < -0.39 is 55.1 Å². The van der Waals surface area contributed by atoms with Crippen molar-refractivity contribution >= 4 is 21.8 Å². The number of hydrogen-bond donors (Lipinski definition) is 2. The van der Waals surface area contributed by atoms with E-state index in [1.165, 1.54) is 0 Å². The zero-order chi connectivity index (χ0) is 17.1. The first-order chi connectivity index (χ1) is 10.6. The molecule has 1 aliphatic heterocycles. The third kappa shape index (κ3) is 2.44. The Morgan fingerprint density at radius 1 is 1.09 bits per heavy atom. The number of hydrogen-bond acceptors (Lipinski definition) is 5. The van der Waals surface area contributed by atoms with Crippen molar-refractivity contribution < 1.29 is 30.4 Å². The molecule has 0 bridgehead atoms. The fourth-order valence-electron chi connectivity index (χ4n) is 1.87. The maximum atomic E-state index is 13.7. The molecule has 0 saturated carbocycles. The van der Waals surface area contributed by atoms with Crippen LogP contribution in [0.1, 0.15) is 0 Å². The van der Waals surface area contributed by atoms with Crippen molar-refractivity contribution in [1.29, 1.82) is 0 Å². The Kier molecular flexibility index (Phi) is 3.53. The number of fused-ring (bicyclic) bond motifs is 1. The van der Waals surface area contributed by atoms with E-state index in [0.717, 1.165) is 10.9 Å². The van der Waals surface area contributed by atoms with Crippen LogP contribution in [-0.2, 0) is 10.0 Å². The van der Waals surface area contributed by atoms with Crippen molar-refractivity contribution in [2.45, 2.75) is 9.86 Å². The maximum Gasteiger partial charge on any atom is 0.241 e. The zero-order valence-corrected chi connectivity index (χ0v) is 12.3. The fraction of sp³-hybridized carbons (Fsp3) is 0.100. The third-order valence-corrected chi connectivity index (χ3v) is 5.51. The van der Waals surface area contributed by atoms with Gasteiger partial charge in [-0.25, -0.2) is 45.2 Å². The van der Waals surface area contributed by atoms with Crippen LogP contribution in [0.5, 0.6) is 0 Å². The van der Waals surface area contributed by atoms with E-state index in [1.807, 2.05) is 0 Å². The van der Waals surface area contributed by atoms with Crippen LogP contribution < -0.4 is 10.6 Å². The van der Waals surface area contributed by atoms with Crippen molar-refractivity contribution in [1.82, 2.24) is 9.66 Å². The maximum absolute atomic E-state index is 13.7. The molecule has 124 valence electrons. The molecule has 3 N–H and O–H groups in total. The molecule has 0 radical (unpaired) electrons. The number of primary sulfonamides is 1. The van der Waals surface area contributed by atoms with Crippen LogP contribution in [0.2, 0.25) is 0 Å². The van der Waals surface area contributed by atoms with Crippen molar-refractivity contribution in [3.63, 3.8) is 0 Å². The first kappa shape index (κ1) is 16.0. The van der Waals surface area contributed by atoms with Crippen LogP contribution in [0.15, 0.2) is 11.4 Å². The first-order valence-corrected chi connectivity index (χ1v) is 8.16. The number of benzene rings is 1. The van der Waals surface area contributed by atoms with Crippen LogP contribution in [-0.4, -0.2) is 22.8 Å². The van der Waals surface area contributed by atoms with Crippen molar-refractivity contribution in [2.75, 3.05) is 5.43 Å². The minimum Gasteiger partial charge on any atom is -0.295 e. The van der Waals surface area contributed by atoms with Crippen LogP contribution in [0.4, 0.5) is 22.0 Å². The van der Waals surface area contributed by atoms with Gasteiger partial charge in [-0.15, -0.1) is 0 Å². The standard InChI is InChI=1S/C10H5F5N4O2S2/c11-4-3(5(12)7(14)8(15)6(4)13)2-1-19-9(17-2)22-10(18-19)23(16,20)21/h1,10,18H,(H2,16,20,21). The summed E-state index contributed by atoms with van der Waals surface area (Å²) in [5, 5.41) is 4.85. The lowest BCUT2D eigenvalue weighted by molar-refractivity contribution is 0.381. The number of thioether (sulfide) groups is 1. The number of nitrogens with two attached hydrogens (primary N) is 1. The summed E-state index contributed by atoms with van der Waals surface area (Å²) in [6, 6.07) is 0. The normalized spacial score (nSPS) is 17.2. The Labute approximate surface area is 129 Å². The molecule has 1 aromatic carbocycles. The van der Waals surface area contributed by atoms with Gasteiger partial charge in [0.25, 0.3) is 0 Å². The summed E-state index contributed by atoms with van der Waals surface area (Å²) in [7, 11) is -3.98. The SMILES string of the molecule is NS(=O)(=O)C1Nn2cc(-c3c(F)c(F)c(F)c(F)c3F)nc2S1. The van der Waals surface area contributed by atoms with Gasteiger partial charge in [-0.05, 0) is 11.8 Å². The molecule has 23 heavy (non-hydrogen) atoms. The number of sulfonamides is 1. The van der Waals surface area contributed by atoms with Gasteiger partial charge in [0.05, 0.1) is 17.5 Å². The molecule has 0 saturated heterocycles. The molecule has 1 unspecified atom stereocenters. The predicted octanol–water partition coefficient (Wildman–Crippen LogP) is 1.47. The Morgan fingerprint density at radius 2 is 1.61 bits per heavy atom. The number of rotatable bonds is 2. The van der Waals surface area contributed by atoms with Gasteiger partial charge in [-0.3, -0.25) is 5.43 Å². The second-order valence-electron chi connectivity index (χ2n) is 4.39. The molecule has 0 aliphatic carbocycles. The molecule has 6 nitrogen and oxygen atoms in total. The molecule has 1 aromatic heterocycles. The minimum atomic E-state index is -3.98. The smallest absolute Gasteiger partial charge is 0.241 e. The molecular weight excluding hydrogens is 367 g/mol. The van der Waals surface area contributed by atoms with E-state index in [9.17, 15) is 30.4 Å². The van der Waals surface area contributed by atoms with Gasteiger partial charge >= 0.3 is 0 Å². The lowest BCUT2D eigenvalue weighted by atomic mass is 10.1. The topological polar surface area (TPSA) is 90.0 Å². The van der Waals surface area contributed by atoms with E-state index in [1.54, 1.807) is 0 Å². The van der Waals surface area contributed by atoms with Crippen LogP contribution in [0.25, 0.3) is 11.3 Å². The highest BCUT2D eigenvalue weighted by Gasteiger charge is 2.34. The van der Waals surface area contributed by atoms with Gasteiger partial charge in [0, 0.05) is 0 Å². The predicted molar refractivity (Wildman–Crippen MR) is 69.6 cm³/mol. The van der Waals surface area contributed by atoms with Gasteiger partial charge in [-0.1, -0.05) is 0 Å². The number of imidazole rings is 1. The summed E-state index contributed by atoms with van der Waals surface area (Å²) >= 11 is 0.603. The molecule has 0 amide bonds. The number of halogens is 5. The van der Waals surface area contributed by atoms with E-state index in [0.29, 0.717) is 11.8 Å². The molecule has 0 fully saturated rings. The first-order valence-electron chi connectivity index (χ1n) is 5.67. The van der Waals surface area contributed by atoms with Crippen molar-refractivity contribution in [3.05, 3.63) is 35.3 Å². The van der Waals surface area contributed by atoms with Gasteiger partial charge < -0.3 is 0 Å². The summed E-state index contributed by atoms with van der Waals surface area (Å²) in [6.45, 7) is 0. The summed E-state index contributed by atoms with van der Waals surface area (Å²) in [6.07, 6.45) is 0.895. The Hall–Kier alpha value is -1.86. The number of aromatic nitrogens is 2. The highest BCUT2D eigenvalue weighted by molar-refractivity contribution is 8.12.